The average molecular weight is 276 g/mol. The number of ether oxygens (including phenoxy) is 1. The predicted octanol–water partition coefficient (Wildman–Crippen LogP) is 3.76. The number of nitro benzene ring substituents is 1. The van der Waals surface area contributed by atoms with E-state index >= 15 is 0 Å². The monoisotopic (exact) mass is 276 g/mol. The first kappa shape index (κ1) is 13.9. The lowest BCUT2D eigenvalue weighted by atomic mass is 10.1. The fourth-order valence-electron chi connectivity index (χ4n) is 1.96. The lowest BCUT2D eigenvalue weighted by Crippen LogP contribution is -2.10. The second-order valence-corrected chi connectivity index (χ2v) is 4.26. The molecular weight excluding hydrogens is 260 g/mol. The maximum absolute atomic E-state index is 11.1. The van der Waals surface area contributed by atoms with Crippen molar-refractivity contribution >= 4 is 11.4 Å². The smallest absolute Gasteiger partial charge is 0.296 e. The van der Waals surface area contributed by atoms with Crippen LogP contribution in [0.4, 0.5) is 11.4 Å². The highest BCUT2D eigenvalue weighted by atomic mass is 16.6. The third-order valence-corrected chi connectivity index (χ3v) is 3.03. The summed E-state index contributed by atoms with van der Waals surface area (Å²) in [6, 6.07) is 8.25. The number of nitrogens with one attached hydrogen (secondary N) is 1. The molecule has 0 amide bonds. The Bertz CT molecular complexity index is 581. The molecule has 2 rings (SSSR count). The van der Waals surface area contributed by atoms with Gasteiger partial charge < -0.3 is 14.5 Å². The molecule has 0 fully saturated rings. The van der Waals surface area contributed by atoms with Crippen molar-refractivity contribution in [3.63, 3.8) is 0 Å². The minimum Gasteiger partial charge on any atom is -0.496 e. The lowest BCUT2D eigenvalue weighted by Gasteiger charge is -2.16. The molecule has 1 N–H and O–H groups in total. The van der Waals surface area contributed by atoms with Gasteiger partial charge in [0.05, 0.1) is 30.4 Å². The van der Waals surface area contributed by atoms with E-state index in [9.17, 15) is 10.1 Å². The number of methoxy groups -OCH3 is 1. The molecule has 1 aromatic heterocycles. The first-order chi connectivity index (χ1) is 9.65. The maximum Gasteiger partial charge on any atom is 0.296 e. The second-order valence-electron chi connectivity index (χ2n) is 4.26. The van der Waals surface area contributed by atoms with Crippen molar-refractivity contribution in [3.05, 3.63) is 52.5 Å². The quantitative estimate of drug-likeness (QED) is 0.642. The third-order valence-electron chi connectivity index (χ3n) is 3.03. The molecule has 0 aliphatic rings. The summed E-state index contributed by atoms with van der Waals surface area (Å²) < 4.78 is 10.4. The number of furan rings is 1. The normalized spacial score (nSPS) is 11.9. The zero-order valence-electron chi connectivity index (χ0n) is 11.3. The SMILES string of the molecule is CCC(Nc1ccc(OC)cc1[N+](=O)[O-])c1ccco1. The Balaban J connectivity index is 2.30. The molecule has 106 valence electrons. The van der Waals surface area contributed by atoms with Crippen LogP contribution in [-0.4, -0.2) is 12.0 Å². The first-order valence-electron chi connectivity index (χ1n) is 6.28. The molecule has 1 atom stereocenters. The summed E-state index contributed by atoms with van der Waals surface area (Å²) in [5, 5.41) is 14.3. The molecule has 6 heteroatoms. The number of nitro groups is 1. The molecule has 0 saturated carbocycles. The zero-order chi connectivity index (χ0) is 14.5. The van der Waals surface area contributed by atoms with Crippen molar-refractivity contribution in [1.29, 1.82) is 0 Å². The van der Waals surface area contributed by atoms with Gasteiger partial charge in [-0.25, -0.2) is 0 Å². The Labute approximate surface area is 116 Å². The number of hydrogen-bond donors (Lipinski definition) is 1. The predicted molar refractivity (Wildman–Crippen MR) is 75.0 cm³/mol. The van der Waals surface area contributed by atoms with Gasteiger partial charge >= 0.3 is 0 Å². The molecule has 1 aromatic carbocycles. The van der Waals surface area contributed by atoms with Gasteiger partial charge in [0, 0.05) is 0 Å². The van der Waals surface area contributed by atoms with Crippen LogP contribution in [0.5, 0.6) is 5.75 Å². The number of hydrogen-bond acceptors (Lipinski definition) is 5. The summed E-state index contributed by atoms with van der Waals surface area (Å²) in [5.74, 6) is 1.20. The summed E-state index contributed by atoms with van der Waals surface area (Å²) in [5.41, 5.74) is 0.424. The maximum atomic E-state index is 11.1. The van der Waals surface area contributed by atoms with Crippen LogP contribution in [0.2, 0.25) is 0 Å². The minimum absolute atomic E-state index is 0.0191. The van der Waals surface area contributed by atoms with Crippen LogP contribution in [0.1, 0.15) is 25.1 Å². The van der Waals surface area contributed by atoms with E-state index in [2.05, 4.69) is 5.32 Å². The Morgan fingerprint density at radius 1 is 1.45 bits per heavy atom. The standard InChI is InChI=1S/C14H16N2O4/c1-3-11(14-5-4-8-20-14)15-12-7-6-10(19-2)9-13(12)16(17)18/h4-9,11,15H,3H2,1-2H3. The highest BCUT2D eigenvalue weighted by molar-refractivity contribution is 5.64. The molecule has 0 spiro atoms. The molecule has 0 radical (unpaired) electrons. The van der Waals surface area contributed by atoms with E-state index in [1.165, 1.54) is 13.2 Å². The third kappa shape index (κ3) is 2.90. The van der Waals surface area contributed by atoms with Crippen molar-refractivity contribution in [3.8, 4) is 5.75 Å². The van der Waals surface area contributed by atoms with Gasteiger partial charge in [0.1, 0.15) is 17.2 Å². The highest BCUT2D eigenvalue weighted by Crippen LogP contribution is 2.32. The van der Waals surface area contributed by atoms with Gasteiger partial charge in [-0.3, -0.25) is 10.1 Å². The molecule has 0 aliphatic heterocycles. The van der Waals surface area contributed by atoms with Crippen molar-refractivity contribution in [2.75, 3.05) is 12.4 Å². The Kier molecular flexibility index (Phi) is 4.24. The van der Waals surface area contributed by atoms with E-state index in [1.807, 2.05) is 13.0 Å². The Hall–Kier alpha value is -2.50. The molecule has 20 heavy (non-hydrogen) atoms. The number of anilines is 1. The molecule has 0 bridgehead atoms. The van der Waals surface area contributed by atoms with Crippen molar-refractivity contribution in [2.45, 2.75) is 19.4 Å². The van der Waals surface area contributed by atoms with Gasteiger partial charge in [0.2, 0.25) is 0 Å². The number of benzene rings is 1. The van der Waals surface area contributed by atoms with Crippen molar-refractivity contribution in [2.24, 2.45) is 0 Å². The van der Waals surface area contributed by atoms with Crippen LogP contribution < -0.4 is 10.1 Å². The van der Waals surface area contributed by atoms with Crippen LogP contribution in [-0.2, 0) is 0 Å². The van der Waals surface area contributed by atoms with E-state index in [-0.39, 0.29) is 11.7 Å². The van der Waals surface area contributed by atoms with Gasteiger partial charge in [0.15, 0.2) is 0 Å². The van der Waals surface area contributed by atoms with Crippen LogP contribution in [0, 0.1) is 10.1 Å². The summed E-state index contributed by atoms with van der Waals surface area (Å²) >= 11 is 0. The summed E-state index contributed by atoms with van der Waals surface area (Å²) in [4.78, 5) is 10.7. The average Bonchev–Trinajstić information content (AvgIpc) is 2.98. The van der Waals surface area contributed by atoms with Crippen molar-refractivity contribution < 1.29 is 14.1 Å². The molecule has 6 nitrogen and oxygen atoms in total. The minimum atomic E-state index is -0.431. The summed E-state index contributed by atoms with van der Waals surface area (Å²) in [6.45, 7) is 1.98. The zero-order valence-corrected chi connectivity index (χ0v) is 11.3. The van der Waals surface area contributed by atoms with E-state index in [0.29, 0.717) is 11.4 Å². The Morgan fingerprint density at radius 2 is 2.25 bits per heavy atom. The molecule has 1 unspecified atom stereocenters. The Morgan fingerprint density at radius 3 is 2.80 bits per heavy atom. The van der Waals surface area contributed by atoms with Crippen LogP contribution >= 0.6 is 0 Å². The van der Waals surface area contributed by atoms with Crippen molar-refractivity contribution in [1.82, 2.24) is 0 Å². The van der Waals surface area contributed by atoms with E-state index in [0.717, 1.165) is 12.2 Å². The van der Waals surface area contributed by atoms with Gasteiger partial charge in [0.25, 0.3) is 5.69 Å². The summed E-state index contributed by atoms with van der Waals surface area (Å²) in [7, 11) is 1.48. The van der Waals surface area contributed by atoms with Gasteiger partial charge in [-0.05, 0) is 30.7 Å². The van der Waals surface area contributed by atoms with Gasteiger partial charge in [-0.1, -0.05) is 6.92 Å². The van der Waals surface area contributed by atoms with Crippen LogP contribution in [0.25, 0.3) is 0 Å². The summed E-state index contributed by atoms with van der Waals surface area (Å²) in [6.07, 6.45) is 2.33. The molecule has 1 heterocycles. The molecule has 0 aliphatic carbocycles. The van der Waals surface area contributed by atoms with Crippen LogP contribution in [0.15, 0.2) is 41.0 Å². The fraction of sp³-hybridized carbons (Fsp3) is 0.286. The number of rotatable bonds is 6. The largest absolute Gasteiger partial charge is 0.496 e. The van der Waals surface area contributed by atoms with Gasteiger partial charge in [-0.15, -0.1) is 0 Å². The van der Waals surface area contributed by atoms with Gasteiger partial charge in [-0.2, -0.15) is 0 Å². The highest BCUT2D eigenvalue weighted by Gasteiger charge is 2.19. The molecular formula is C14H16N2O4. The van der Waals surface area contributed by atoms with E-state index < -0.39 is 4.92 Å². The first-order valence-corrected chi connectivity index (χ1v) is 6.28. The molecule has 0 saturated heterocycles. The fourth-order valence-corrected chi connectivity index (χ4v) is 1.96. The lowest BCUT2D eigenvalue weighted by molar-refractivity contribution is -0.384. The molecule has 2 aromatic rings. The van der Waals surface area contributed by atoms with Crippen LogP contribution in [0.3, 0.4) is 0 Å². The topological polar surface area (TPSA) is 77.5 Å². The number of nitrogens with zero attached hydrogens (tertiary/aromatic N) is 1. The van der Waals surface area contributed by atoms with E-state index in [4.69, 9.17) is 9.15 Å². The second kappa shape index (κ2) is 6.10. The van der Waals surface area contributed by atoms with E-state index in [1.54, 1.807) is 24.5 Å².